The van der Waals surface area contributed by atoms with Crippen LogP contribution >= 0.6 is 0 Å². The molecular formula is C11H15F2N. The van der Waals surface area contributed by atoms with Crippen molar-refractivity contribution in [2.24, 2.45) is 5.73 Å². The number of nitrogens with two attached hydrogens (primary N) is 1. The highest BCUT2D eigenvalue weighted by atomic mass is 19.1. The van der Waals surface area contributed by atoms with Gasteiger partial charge >= 0.3 is 0 Å². The van der Waals surface area contributed by atoms with Crippen molar-refractivity contribution in [3.8, 4) is 0 Å². The van der Waals surface area contributed by atoms with Gasteiger partial charge in [-0.15, -0.1) is 0 Å². The Bertz CT molecular complexity index is 279. The van der Waals surface area contributed by atoms with Crippen LogP contribution < -0.4 is 5.73 Å². The van der Waals surface area contributed by atoms with Crippen molar-refractivity contribution in [2.75, 3.05) is 0 Å². The molecular weight excluding hydrogens is 184 g/mol. The van der Waals surface area contributed by atoms with Crippen LogP contribution in [0.15, 0.2) is 18.2 Å². The Labute approximate surface area is 82.9 Å². The minimum Gasteiger partial charge on any atom is -0.328 e. The molecule has 0 fully saturated rings. The number of rotatable bonds is 4. The van der Waals surface area contributed by atoms with E-state index in [1.165, 1.54) is 12.1 Å². The maximum absolute atomic E-state index is 12.8. The van der Waals surface area contributed by atoms with Gasteiger partial charge in [0, 0.05) is 12.1 Å². The lowest BCUT2D eigenvalue weighted by molar-refractivity contribution is 0.568. The number of benzene rings is 1. The molecule has 1 unspecified atom stereocenters. The molecule has 1 aromatic carbocycles. The Morgan fingerprint density at radius 3 is 2.29 bits per heavy atom. The summed E-state index contributed by atoms with van der Waals surface area (Å²) in [5.41, 5.74) is 6.38. The quantitative estimate of drug-likeness (QED) is 0.792. The Morgan fingerprint density at radius 2 is 1.79 bits per heavy atom. The lowest BCUT2D eigenvalue weighted by Gasteiger charge is -2.08. The van der Waals surface area contributed by atoms with Crippen LogP contribution in [-0.2, 0) is 6.42 Å². The van der Waals surface area contributed by atoms with Crippen molar-refractivity contribution in [1.29, 1.82) is 0 Å². The molecule has 0 saturated heterocycles. The maximum Gasteiger partial charge on any atom is 0.126 e. The van der Waals surface area contributed by atoms with Crippen LogP contribution in [0.5, 0.6) is 0 Å². The smallest absolute Gasteiger partial charge is 0.126 e. The van der Waals surface area contributed by atoms with Gasteiger partial charge in [0.2, 0.25) is 0 Å². The Kier molecular flexibility index (Phi) is 4.01. The zero-order valence-electron chi connectivity index (χ0n) is 8.26. The molecule has 0 amide bonds. The second-order valence-electron chi connectivity index (χ2n) is 3.48. The SMILES string of the molecule is CCC(N)CCc1cc(F)cc(F)c1. The fourth-order valence-corrected chi connectivity index (χ4v) is 1.31. The molecule has 0 aliphatic carbocycles. The van der Waals surface area contributed by atoms with Crippen molar-refractivity contribution in [3.63, 3.8) is 0 Å². The highest BCUT2D eigenvalue weighted by molar-refractivity contribution is 5.18. The van der Waals surface area contributed by atoms with E-state index in [1.54, 1.807) is 0 Å². The monoisotopic (exact) mass is 199 g/mol. The van der Waals surface area contributed by atoms with Crippen LogP contribution in [-0.4, -0.2) is 6.04 Å². The van der Waals surface area contributed by atoms with E-state index in [-0.39, 0.29) is 6.04 Å². The van der Waals surface area contributed by atoms with Gasteiger partial charge in [-0.1, -0.05) is 6.92 Å². The summed E-state index contributed by atoms with van der Waals surface area (Å²) in [6, 6.07) is 3.70. The number of aryl methyl sites for hydroxylation is 1. The van der Waals surface area contributed by atoms with Crippen molar-refractivity contribution < 1.29 is 8.78 Å². The third kappa shape index (κ3) is 3.42. The van der Waals surface area contributed by atoms with Gasteiger partial charge in [0.15, 0.2) is 0 Å². The van der Waals surface area contributed by atoms with E-state index >= 15 is 0 Å². The predicted octanol–water partition coefficient (Wildman–Crippen LogP) is 2.63. The molecule has 0 radical (unpaired) electrons. The van der Waals surface area contributed by atoms with Gasteiger partial charge in [-0.25, -0.2) is 8.78 Å². The Balaban J connectivity index is 2.58. The summed E-state index contributed by atoms with van der Waals surface area (Å²) in [6.07, 6.45) is 2.28. The van der Waals surface area contributed by atoms with Crippen molar-refractivity contribution in [3.05, 3.63) is 35.4 Å². The van der Waals surface area contributed by atoms with Gasteiger partial charge in [-0.2, -0.15) is 0 Å². The van der Waals surface area contributed by atoms with E-state index in [9.17, 15) is 8.78 Å². The number of hydrogen-bond acceptors (Lipinski definition) is 1. The van der Waals surface area contributed by atoms with E-state index in [4.69, 9.17) is 5.73 Å². The molecule has 2 N–H and O–H groups in total. The summed E-state index contributed by atoms with van der Waals surface area (Å²) < 4.78 is 25.5. The third-order valence-electron chi connectivity index (χ3n) is 2.25. The fourth-order valence-electron chi connectivity index (χ4n) is 1.31. The summed E-state index contributed by atoms with van der Waals surface area (Å²) in [5.74, 6) is -1.05. The molecule has 0 aromatic heterocycles. The first-order chi connectivity index (χ1) is 6.61. The molecule has 0 saturated carbocycles. The molecule has 1 nitrogen and oxygen atoms in total. The first kappa shape index (κ1) is 11.1. The number of hydrogen-bond donors (Lipinski definition) is 1. The first-order valence-corrected chi connectivity index (χ1v) is 4.82. The highest BCUT2D eigenvalue weighted by Gasteiger charge is 2.03. The van der Waals surface area contributed by atoms with Gasteiger partial charge in [0.1, 0.15) is 11.6 Å². The van der Waals surface area contributed by atoms with Crippen molar-refractivity contribution in [2.45, 2.75) is 32.2 Å². The van der Waals surface area contributed by atoms with Crippen LogP contribution in [0.25, 0.3) is 0 Å². The first-order valence-electron chi connectivity index (χ1n) is 4.82. The minimum absolute atomic E-state index is 0.112. The average molecular weight is 199 g/mol. The zero-order valence-corrected chi connectivity index (χ0v) is 8.26. The van der Waals surface area contributed by atoms with Crippen LogP contribution in [0.2, 0.25) is 0 Å². The van der Waals surface area contributed by atoms with E-state index in [0.717, 1.165) is 18.9 Å². The minimum atomic E-state index is -0.523. The molecule has 14 heavy (non-hydrogen) atoms. The zero-order chi connectivity index (χ0) is 10.6. The van der Waals surface area contributed by atoms with Gasteiger partial charge < -0.3 is 5.73 Å². The van der Waals surface area contributed by atoms with E-state index < -0.39 is 11.6 Å². The molecule has 78 valence electrons. The van der Waals surface area contributed by atoms with Crippen LogP contribution in [0.3, 0.4) is 0 Å². The van der Waals surface area contributed by atoms with E-state index in [1.807, 2.05) is 6.92 Å². The van der Waals surface area contributed by atoms with E-state index in [2.05, 4.69) is 0 Å². The summed E-state index contributed by atoms with van der Waals surface area (Å²) >= 11 is 0. The predicted molar refractivity (Wildman–Crippen MR) is 52.9 cm³/mol. The molecule has 0 aliphatic rings. The number of halogens is 2. The topological polar surface area (TPSA) is 26.0 Å². The van der Waals surface area contributed by atoms with Gasteiger partial charge in [-0.3, -0.25) is 0 Å². The summed E-state index contributed by atoms with van der Waals surface area (Å²) in [7, 11) is 0. The molecule has 1 aromatic rings. The summed E-state index contributed by atoms with van der Waals surface area (Å²) in [4.78, 5) is 0. The van der Waals surface area contributed by atoms with Crippen molar-refractivity contribution >= 4 is 0 Å². The third-order valence-corrected chi connectivity index (χ3v) is 2.25. The van der Waals surface area contributed by atoms with Gasteiger partial charge in [0.05, 0.1) is 0 Å². The summed E-state index contributed by atoms with van der Waals surface area (Å²) in [6.45, 7) is 2.00. The second kappa shape index (κ2) is 5.05. The Morgan fingerprint density at radius 1 is 1.21 bits per heavy atom. The largest absolute Gasteiger partial charge is 0.328 e. The van der Waals surface area contributed by atoms with Crippen LogP contribution in [0.4, 0.5) is 8.78 Å². The Hall–Kier alpha value is -0.960. The maximum atomic E-state index is 12.8. The standard InChI is InChI=1S/C11H15F2N/c1-2-11(14)4-3-8-5-9(12)7-10(13)6-8/h5-7,11H,2-4,14H2,1H3. The van der Waals surface area contributed by atoms with Gasteiger partial charge in [-0.05, 0) is 37.0 Å². The molecule has 0 spiro atoms. The van der Waals surface area contributed by atoms with Crippen molar-refractivity contribution in [1.82, 2.24) is 0 Å². The summed E-state index contributed by atoms with van der Waals surface area (Å²) in [5, 5.41) is 0. The molecule has 0 bridgehead atoms. The highest BCUT2D eigenvalue weighted by Crippen LogP contribution is 2.11. The van der Waals surface area contributed by atoms with Gasteiger partial charge in [0.25, 0.3) is 0 Å². The second-order valence-corrected chi connectivity index (χ2v) is 3.48. The lowest BCUT2D eigenvalue weighted by Crippen LogP contribution is -2.19. The van der Waals surface area contributed by atoms with Crippen LogP contribution in [0.1, 0.15) is 25.3 Å². The van der Waals surface area contributed by atoms with Crippen LogP contribution in [0, 0.1) is 11.6 Å². The molecule has 1 atom stereocenters. The lowest BCUT2D eigenvalue weighted by atomic mass is 10.0. The average Bonchev–Trinajstić information content (AvgIpc) is 2.12. The molecule has 1 rings (SSSR count). The molecule has 0 aliphatic heterocycles. The normalized spacial score (nSPS) is 12.9. The van der Waals surface area contributed by atoms with E-state index in [0.29, 0.717) is 12.0 Å². The molecule has 0 heterocycles. The fraction of sp³-hybridized carbons (Fsp3) is 0.455. The molecule has 3 heteroatoms.